The molecule has 0 spiro atoms. The van der Waals surface area contributed by atoms with E-state index in [0.29, 0.717) is 44.9 Å². The zero-order chi connectivity index (χ0) is 33.1. The maximum atomic E-state index is 12.4. The Morgan fingerprint density at radius 1 is 0.756 bits per heavy atom. The monoisotopic (exact) mass is 638 g/mol. The fraction of sp³-hybridized carbons (Fsp3) is 0.868. The van der Waals surface area contributed by atoms with E-state index in [1.165, 1.54) is 70.6 Å². The van der Waals surface area contributed by atoms with Gasteiger partial charge in [0.25, 0.3) is 0 Å². The molecule has 0 bridgehead atoms. The quantitative estimate of drug-likeness (QED) is 0.0378. The summed E-state index contributed by atoms with van der Waals surface area (Å²) in [6, 6.07) is -0.629. The molecule has 1 rings (SSSR count). The summed E-state index contributed by atoms with van der Waals surface area (Å²) in [5.41, 5.74) is 0. The molecule has 0 aliphatic heterocycles. The number of aliphatic hydroxyl groups is 5. The molecule has 1 fully saturated rings. The molecule has 1 aliphatic carbocycles. The molecule has 0 saturated heterocycles. The average Bonchev–Trinajstić information content (AvgIpc) is 3.29. The van der Waals surface area contributed by atoms with Crippen molar-refractivity contribution in [2.75, 3.05) is 6.61 Å². The standard InChI is InChI=1S/C38H71NO6/c1-3-5-7-8-9-10-11-12-13-14-15-16-21-25-35(42)34(30-40)39-38(45)26-22-18-17-20-24-32-33(37(44)29-36(32)43)28-27-31(41)23-19-6-4-2/h17,20,27-28,31-37,40-44H,3-16,18-19,21-26,29-30H2,1-2H3,(H,39,45)/b20-17+,28-27+/t31-,32+,33+,34-,35+,36-,37+/m0/s1. The Kier molecular flexibility index (Phi) is 25.8. The normalized spacial score (nSPS) is 22.4. The molecular formula is C38H71NO6. The number of hydrogen-bond acceptors (Lipinski definition) is 6. The summed E-state index contributed by atoms with van der Waals surface area (Å²) in [6.45, 7) is 4.11. The van der Waals surface area contributed by atoms with Gasteiger partial charge in [0.2, 0.25) is 5.91 Å². The van der Waals surface area contributed by atoms with Crippen LogP contribution in [-0.2, 0) is 4.79 Å². The van der Waals surface area contributed by atoms with Gasteiger partial charge in [0.15, 0.2) is 0 Å². The lowest BCUT2D eigenvalue weighted by Crippen LogP contribution is -2.45. The molecule has 7 atom stereocenters. The van der Waals surface area contributed by atoms with Crippen LogP contribution < -0.4 is 5.32 Å². The van der Waals surface area contributed by atoms with Crippen LogP contribution >= 0.6 is 0 Å². The lowest BCUT2D eigenvalue weighted by atomic mass is 9.89. The number of allylic oxidation sites excluding steroid dienone is 2. The number of carbonyl (C=O) groups is 1. The molecule has 7 nitrogen and oxygen atoms in total. The molecule has 1 amide bonds. The van der Waals surface area contributed by atoms with E-state index in [2.05, 4.69) is 19.2 Å². The first-order chi connectivity index (χ1) is 21.8. The third kappa shape index (κ3) is 20.6. The largest absolute Gasteiger partial charge is 0.394 e. The molecule has 0 heterocycles. The van der Waals surface area contributed by atoms with E-state index in [1.54, 1.807) is 6.08 Å². The van der Waals surface area contributed by atoms with Crippen molar-refractivity contribution in [1.29, 1.82) is 0 Å². The van der Waals surface area contributed by atoms with Crippen LogP contribution in [0.15, 0.2) is 24.3 Å². The molecule has 1 aliphatic rings. The SMILES string of the molecule is CCCCCCCCCCCCCCC[C@@H](O)[C@H](CO)NC(=O)CCC/C=C/C[C@@H]1[C@@H](/C=C/[C@@H](O)CCCCC)[C@H](O)C[C@@H]1O. The highest BCUT2D eigenvalue weighted by Gasteiger charge is 2.39. The van der Waals surface area contributed by atoms with Crippen LogP contribution in [0.4, 0.5) is 0 Å². The minimum atomic E-state index is -0.737. The van der Waals surface area contributed by atoms with Gasteiger partial charge < -0.3 is 30.8 Å². The molecule has 264 valence electrons. The maximum Gasteiger partial charge on any atom is 0.220 e. The van der Waals surface area contributed by atoms with E-state index in [1.807, 2.05) is 18.2 Å². The van der Waals surface area contributed by atoms with Gasteiger partial charge in [-0.3, -0.25) is 4.79 Å². The zero-order valence-corrected chi connectivity index (χ0v) is 29.0. The number of unbranched alkanes of at least 4 members (excludes halogenated alkanes) is 15. The van der Waals surface area contributed by atoms with Crippen molar-refractivity contribution in [3.63, 3.8) is 0 Å². The van der Waals surface area contributed by atoms with Gasteiger partial charge in [0.1, 0.15) is 0 Å². The predicted molar refractivity (Wildman–Crippen MR) is 186 cm³/mol. The Hall–Kier alpha value is -1.25. The molecular weight excluding hydrogens is 566 g/mol. The summed E-state index contributed by atoms with van der Waals surface area (Å²) < 4.78 is 0. The second-order valence-electron chi connectivity index (χ2n) is 13.6. The lowest BCUT2D eigenvalue weighted by Gasteiger charge is -2.22. The summed E-state index contributed by atoms with van der Waals surface area (Å²) in [4.78, 5) is 12.4. The highest BCUT2D eigenvalue weighted by molar-refractivity contribution is 5.76. The maximum absolute atomic E-state index is 12.4. The van der Waals surface area contributed by atoms with Crippen LogP contribution in [0.5, 0.6) is 0 Å². The van der Waals surface area contributed by atoms with Crippen LogP contribution in [0, 0.1) is 11.8 Å². The molecule has 1 saturated carbocycles. The van der Waals surface area contributed by atoms with Crippen molar-refractivity contribution < 1.29 is 30.3 Å². The van der Waals surface area contributed by atoms with Crippen LogP contribution in [-0.4, -0.2) is 68.5 Å². The molecule has 7 heteroatoms. The Morgan fingerprint density at radius 3 is 1.91 bits per heavy atom. The van der Waals surface area contributed by atoms with Gasteiger partial charge in [-0.25, -0.2) is 0 Å². The van der Waals surface area contributed by atoms with Crippen LogP contribution in [0.2, 0.25) is 0 Å². The first-order valence-electron chi connectivity index (χ1n) is 18.8. The second kappa shape index (κ2) is 27.8. The summed E-state index contributed by atoms with van der Waals surface area (Å²) in [6.07, 6.45) is 28.9. The van der Waals surface area contributed by atoms with Gasteiger partial charge in [0.05, 0.1) is 37.1 Å². The van der Waals surface area contributed by atoms with E-state index in [-0.39, 0.29) is 24.3 Å². The summed E-state index contributed by atoms with van der Waals surface area (Å²) in [5.74, 6) is -0.443. The number of aliphatic hydroxyl groups excluding tert-OH is 5. The minimum Gasteiger partial charge on any atom is -0.394 e. The molecule has 45 heavy (non-hydrogen) atoms. The van der Waals surface area contributed by atoms with E-state index in [9.17, 15) is 30.3 Å². The van der Waals surface area contributed by atoms with E-state index in [0.717, 1.165) is 32.1 Å². The number of amides is 1. The van der Waals surface area contributed by atoms with Gasteiger partial charge in [0, 0.05) is 18.8 Å². The number of hydrogen-bond donors (Lipinski definition) is 6. The fourth-order valence-electron chi connectivity index (χ4n) is 6.53. The third-order valence-electron chi connectivity index (χ3n) is 9.54. The van der Waals surface area contributed by atoms with Gasteiger partial charge in [-0.15, -0.1) is 0 Å². The summed E-state index contributed by atoms with van der Waals surface area (Å²) >= 11 is 0. The van der Waals surface area contributed by atoms with E-state index in [4.69, 9.17) is 0 Å². The Balaban J connectivity index is 2.19. The highest BCUT2D eigenvalue weighted by Crippen LogP contribution is 2.36. The zero-order valence-electron chi connectivity index (χ0n) is 29.0. The first kappa shape index (κ1) is 41.8. The van der Waals surface area contributed by atoms with Gasteiger partial charge >= 0.3 is 0 Å². The number of nitrogens with one attached hydrogen (secondary N) is 1. The highest BCUT2D eigenvalue weighted by atomic mass is 16.3. The molecule has 0 aromatic carbocycles. The smallest absolute Gasteiger partial charge is 0.220 e. The van der Waals surface area contributed by atoms with Crippen molar-refractivity contribution in [1.82, 2.24) is 5.32 Å². The Morgan fingerprint density at radius 2 is 1.31 bits per heavy atom. The van der Waals surface area contributed by atoms with Crippen molar-refractivity contribution in [3.8, 4) is 0 Å². The van der Waals surface area contributed by atoms with Gasteiger partial charge in [-0.1, -0.05) is 141 Å². The van der Waals surface area contributed by atoms with E-state index >= 15 is 0 Å². The fourth-order valence-corrected chi connectivity index (χ4v) is 6.53. The molecule has 0 radical (unpaired) electrons. The van der Waals surface area contributed by atoms with Gasteiger partial charge in [-0.2, -0.15) is 0 Å². The predicted octanol–water partition coefficient (Wildman–Crippen LogP) is 7.28. The van der Waals surface area contributed by atoms with Crippen molar-refractivity contribution >= 4 is 5.91 Å². The molecule has 6 N–H and O–H groups in total. The van der Waals surface area contributed by atoms with Gasteiger partial charge in [-0.05, 0) is 38.0 Å². The Bertz CT molecular complexity index is 759. The van der Waals surface area contributed by atoms with E-state index < -0.39 is 30.5 Å². The molecule has 0 unspecified atom stereocenters. The van der Waals surface area contributed by atoms with Crippen molar-refractivity contribution in [3.05, 3.63) is 24.3 Å². The first-order valence-corrected chi connectivity index (χ1v) is 18.8. The third-order valence-corrected chi connectivity index (χ3v) is 9.54. The molecule has 0 aromatic rings. The van der Waals surface area contributed by atoms with Crippen molar-refractivity contribution in [2.24, 2.45) is 11.8 Å². The lowest BCUT2D eigenvalue weighted by molar-refractivity contribution is -0.123. The van der Waals surface area contributed by atoms with Crippen LogP contribution in [0.3, 0.4) is 0 Å². The summed E-state index contributed by atoms with van der Waals surface area (Å²) in [7, 11) is 0. The number of rotatable bonds is 29. The number of carbonyl (C=O) groups excluding carboxylic acids is 1. The summed E-state index contributed by atoms with van der Waals surface area (Å²) in [5, 5.41) is 54.2. The second-order valence-corrected chi connectivity index (χ2v) is 13.6. The minimum absolute atomic E-state index is 0.0969. The average molecular weight is 638 g/mol. The van der Waals surface area contributed by atoms with Crippen LogP contribution in [0.1, 0.15) is 162 Å². The molecule has 0 aromatic heterocycles. The van der Waals surface area contributed by atoms with Crippen LogP contribution in [0.25, 0.3) is 0 Å². The topological polar surface area (TPSA) is 130 Å². The Labute approximate surface area is 276 Å². The van der Waals surface area contributed by atoms with Crippen molar-refractivity contribution in [2.45, 2.75) is 192 Å².